The Hall–Kier alpha value is -3.46. The summed E-state index contributed by atoms with van der Waals surface area (Å²) in [5.74, 6) is -5.38. The standard InChI is InChI=1S/C21H40N8O7/c1-11(2)16(20(35)36)29-19(34)13(6-3-4-8-22)28-18(33)14(7-5-9-26-21(24)25)27-17(32)12(23)10-15(30)31/h11-14,16H,3-10,22-23H2,1-2H3,(H,27,32)(H,28,33)(H,29,34)(H,30,31)(H,35,36)(H4,24,25,26). The van der Waals surface area contributed by atoms with Crippen LogP contribution in [0, 0.1) is 5.92 Å². The lowest BCUT2D eigenvalue weighted by Gasteiger charge is -2.26. The Labute approximate surface area is 209 Å². The molecule has 0 aliphatic heterocycles. The molecule has 15 heteroatoms. The van der Waals surface area contributed by atoms with Crippen LogP contribution in [-0.2, 0) is 24.0 Å². The van der Waals surface area contributed by atoms with Gasteiger partial charge in [-0.05, 0) is 44.6 Å². The summed E-state index contributed by atoms with van der Waals surface area (Å²) in [7, 11) is 0. The molecule has 0 fully saturated rings. The predicted molar refractivity (Wildman–Crippen MR) is 131 cm³/mol. The minimum atomic E-state index is -1.40. The van der Waals surface area contributed by atoms with E-state index in [2.05, 4.69) is 20.9 Å². The van der Waals surface area contributed by atoms with E-state index in [4.69, 9.17) is 28.0 Å². The number of amides is 3. The van der Waals surface area contributed by atoms with E-state index in [0.717, 1.165) is 0 Å². The average molecular weight is 517 g/mol. The lowest BCUT2D eigenvalue weighted by atomic mass is 10.0. The summed E-state index contributed by atoms with van der Waals surface area (Å²) in [4.78, 5) is 64.5. The topological polar surface area (TPSA) is 278 Å². The number of carboxylic acids is 2. The van der Waals surface area contributed by atoms with Gasteiger partial charge >= 0.3 is 11.9 Å². The first-order valence-electron chi connectivity index (χ1n) is 11.7. The van der Waals surface area contributed by atoms with Gasteiger partial charge in [-0.25, -0.2) is 4.79 Å². The van der Waals surface area contributed by atoms with Gasteiger partial charge < -0.3 is 49.1 Å². The van der Waals surface area contributed by atoms with Crippen LogP contribution >= 0.6 is 0 Å². The molecule has 206 valence electrons. The van der Waals surface area contributed by atoms with Gasteiger partial charge in [-0.15, -0.1) is 0 Å². The molecule has 0 spiro atoms. The van der Waals surface area contributed by atoms with E-state index in [1.807, 2.05) is 0 Å². The fourth-order valence-corrected chi connectivity index (χ4v) is 3.13. The number of aliphatic carboxylic acids is 2. The second-order valence-electron chi connectivity index (χ2n) is 8.63. The summed E-state index contributed by atoms with van der Waals surface area (Å²) < 4.78 is 0. The Morgan fingerprint density at radius 2 is 1.36 bits per heavy atom. The van der Waals surface area contributed by atoms with E-state index < -0.39 is 66.2 Å². The van der Waals surface area contributed by atoms with Crippen molar-refractivity contribution in [3.8, 4) is 0 Å². The number of carboxylic acid groups (broad SMARTS) is 2. The van der Waals surface area contributed by atoms with Gasteiger partial charge in [0.25, 0.3) is 0 Å². The molecule has 0 saturated carbocycles. The number of rotatable bonds is 18. The normalized spacial score (nSPS) is 14.1. The van der Waals surface area contributed by atoms with Gasteiger partial charge in [0.15, 0.2) is 5.96 Å². The van der Waals surface area contributed by atoms with Crippen molar-refractivity contribution in [3.05, 3.63) is 0 Å². The molecule has 0 radical (unpaired) electrons. The minimum absolute atomic E-state index is 0.0506. The Balaban J connectivity index is 5.63. The number of unbranched alkanes of at least 4 members (excludes halogenated alkanes) is 1. The molecule has 15 nitrogen and oxygen atoms in total. The molecule has 36 heavy (non-hydrogen) atoms. The molecule has 4 atom stereocenters. The van der Waals surface area contributed by atoms with Gasteiger partial charge in [0.2, 0.25) is 17.7 Å². The summed E-state index contributed by atoms with van der Waals surface area (Å²) >= 11 is 0. The van der Waals surface area contributed by atoms with Gasteiger partial charge in [-0.2, -0.15) is 0 Å². The molecule has 13 N–H and O–H groups in total. The summed E-state index contributed by atoms with van der Waals surface area (Å²) in [5, 5.41) is 25.6. The number of aliphatic imine (C=N–C) groups is 1. The van der Waals surface area contributed by atoms with Gasteiger partial charge in [0.05, 0.1) is 12.5 Å². The monoisotopic (exact) mass is 516 g/mol. The van der Waals surface area contributed by atoms with E-state index in [0.29, 0.717) is 19.4 Å². The van der Waals surface area contributed by atoms with Crippen molar-refractivity contribution in [1.29, 1.82) is 0 Å². The molecule has 0 aromatic carbocycles. The van der Waals surface area contributed by atoms with Crippen LogP contribution in [0.3, 0.4) is 0 Å². The third kappa shape index (κ3) is 13.4. The highest BCUT2D eigenvalue weighted by atomic mass is 16.4. The van der Waals surface area contributed by atoms with Crippen molar-refractivity contribution < 1.29 is 34.2 Å². The highest BCUT2D eigenvalue weighted by Crippen LogP contribution is 2.08. The molecule has 4 unspecified atom stereocenters. The number of nitrogens with two attached hydrogens (primary N) is 4. The van der Waals surface area contributed by atoms with Crippen molar-refractivity contribution in [1.82, 2.24) is 16.0 Å². The quantitative estimate of drug-likeness (QED) is 0.0508. The number of hydrogen-bond acceptors (Lipinski definition) is 8. The van der Waals surface area contributed by atoms with Crippen LogP contribution in [0.5, 0.6) is 0 Å². The third-order valence-electron chi connectivity index (χ3n) is 5.12. The lowest BCUT2D eigenvalue weighted by molar-refractivity contribution is -0.143. The highest BCUT2D eigenvalue weighted by molar-refractivity contribution is 5.94. The minimum Gasteiger partial charge on any atom is -0.481 e. The first kappa shape index (κ1) is 32.5. The number of nitrogens with one attached hydrogen (secondary N) is 3. The first-order valence-corrected chi connectivity index (χ1v) is 11.7. The lowest BCUT2D eigenvalue weighted by Crippen LogP contribution is -2.57. The molecular weight excluding hydrogens is 476 g/mol. The smallest absolute Gasteiger partial charge is 0.326 e. The zero-order valence-electron chi connectivity index (χ0n) is 20.7. The van der Waals surface area contributed by atoms with Gasteiger partial charge in [-0.1, -0.05) is 13.8 Å². The third-order valence-corrected chi connectivity index (χ3v) is 5.12. The molecular formula is C21H40N8O7. The van der Waals surface area contributed by atoms with Crippen LogP contribution in [0.25, 0.3) is 0 Å². The van der Waals surface area contributed by atoms with Crippen LogP contribution in [0.4, 0.5) is 0 Å². The average Bonchev–Trinajstić information content (AvgIpc) is 2.77. The molecule has 0 aliphatic carbocycles. The van der Waals surface area contributed by atoms with Crippen molar-refractivity contribution in [2.24, 2.45) is 33.8 Å². The zero-order chi connectivity index (χ0) is 27.8. The molecule has 0 aliphatic rings. The maximum atomic E-state index is 13.1. The van der Waals surface area contributed by atoms with E-state index in [1.54, 1.807) is 13.8 Å². The second kappa shape index (κ2) is 17.0. The van der Waals surface area contributed by atoms with E-state index in [9.17, 15) is 29.1 Å². The maximum absolute atomic E-state index is 13.1. The van der Waals surface area contributed by atoms with Crippen LogP contribution in [0.15, 0.2) is 4.99 Å². The van der Waals surface area contributed by atoms with Crippen LogP contribution in [0.2, 0.25) is 0 Å². The van der Waals surface area contributed by atoms with E-state index >= 15 is 0 Å². The van der Waals surface area contributed by atoms with Crippen molar-refractivity contribution in [2.45, 2.75) is 76.5 Å². The predicted octanol–water partition coefficient (Wildman–Crippen LogP) is -2.83. The van der Waals surface area contributed by atoms with Gasteiger partial charge in [0.1, 0.15) is 18.1 Å². The molecule has 0 aromatic heterocycles. The van der Waals surface area contributed by atoms with E-state index in [-0.39, 0.29) is 31.8 Å². The van der Waals surface area contributed by atoms with E-state index in [1.165, 1.54) is 0 Å². The van der Waals surface area contributed by atoms with Crippen LogP contribution in [-0.4, -0.2) is 83.1 Å². The maximum Gasteiger partial charge on any atom is 0.326 e. The van der Waals surface area contributed by atoms with Gasteiger partial charge in [-0.3, -0.25) is 24.2 Å². The fraction of sp³-hybridized carbons (Fsp3) is 0.714. The van der Waals surface area contributed by atoms with Crippen molar-refractivity contribution >= 4 is 35.6 Å². The summed E-state index contributed by atoms with van der Waals surface area (Å²) in [6.07, 6.45) is 0.878. The number of hydrogen-bond donors (Lipinski definition) is 9. The second-order valence-corrected chi connectivity index (χ2v) is 8.63. The summed E-state index contributed by atoms with van der Waals surface area (Å²) in [6, 6.07) is -4.86. The Morgan fingerprint density at radius 1 is 0.833 bits per heavy atom. The van der Waals surface area contributed by atoms with Crippen LogP contribution in [0.1, 0.15) is 52.4 Å². The SMILES string of the molecule is CC(C)C(NC(=O)C(CCCCN)NC(=O)C(CCCN=C(N)N)NC(=O)C(N)CC(=O)O)C(=O)O. The largest absolute Gasteiger partial charge is 0.481 e. The molecule has 3 amide bonds. The zero-order valence-corrected chi connectivity index (χ0v) is 20.7. The molecule has 0 bridgehead atoms. The first-order chi connectivity index (χ1) is 16.8. The van der Waals surface area contributed by atoms with Crippen LogP contribution < -0.4 is 38.9 Å². The van der Waals surface area contributed by atoms with Gasteiger partial charge in [0, 0.05) is 6.54 Å². The Bertz CT molecular complexity index is 786. The summed E-state index contributed by atoms with van der Waals surface area (Å²) in [5.41, 5.74) is 21.7. The fourth-order valence-electron chi connectivity index (χ4n) is 3.13. The molecule has 0 aromatic rings. The number of nitrogens with zero attached hydrogens (tertiary/aromatic N) is 1. The summed E-state index contributed by atoms with van der Waals surface area (Å²) in [6.45, 7) is 3.77. The Kier molecular flexibility index (Phi) is 15.4. The van der Waals surface area contributed by atoms with Crippen molar-refractivity contribution in [2.75, 3.05) is 13.1 Å². The number of guanidine groups is 1. The number of carbonyl (C=O) groups excluding carboxylic acids is 3. The number of carbonyl (C=O) groups is 5. The highest BCUT2D eigenvalue weighted by Gasteiger charge is 2.31. The Morgan fingerprint density at radius 3 is 1.83 bits per heavy atom. The molecule has 0 saturated heterocycles. The molecule has 0 rings (SSSR count). The van der Waals surface area contributed by atoms with Crippen molar-refractivity contribution in [3.63, 3.8) is 0 Å². The molecule has 0 heterocycles.